The van der Waals surface area contributed by atoms with Crippen LogP contribution in [0.5, 0.6) is 0 Å². The molecule has 0 unspecified atom stereocenters. The first-order chi connectivity index (χ1) is 6.70. The van der Waals surface area contributed by atoms with E-state index in [1.165, 1.54) is 4.68 Å². The van der Waals surface area contributed by atoms with Gasteiger partial charge in [0.05, 0.1) is 11.8 Å². The van der Waals surface area contributed by atoms with Gasteiger partial charge in [0.15, 0.2) is 0 Å². The summed E-state index contributed by atoms with van der Waals surface area (Å²) in [6.45, 7) is 8.25. The summed E-state index contributed by atoms with van der Waals surface area (Å²) in [5.41, 5.74) is 0.696. The monoisotopic (exact) mass is 199 g/mol. The van der Waals surface area contributed by atoms with Crippen molar-refractivity contribution < 1.29 is 4.92 Å². The molecule has 0 amide bonds. The Hall–Kier alpha value is -1.39. The molecular formula is C9H17N3O2. The quantitative estimate of drug-likeness (QED) is 0.554. The van der Waals surface area contributed by atoms with Gasteiger partial charge in [-0.05, 0) is 18.3 Å². The van der Waals surface area contributed by atoms with Gasteiger partial charge in [-0.2, -0.15) is 0 Å². The maximum atomic E-state index is 10.6. The highest BCUT2D eigenvalue weighted by atomic mass is 16.6. The SMILES string of the molecule is CC.CCc1cnn(CC)c1[N+](=O)[O-]. The predicted octanol–water partition coefficient (Wildman–Crippen LogP) is 2.40. The molecule has 0 spiro atoms. The molecular weight excluding hydrogens is 182 g/mol. The zero-order chi connectivity index (χ0) is 11.1. The third-order valence-corrected chi connectivity index (χ3v) is 1.74. The van der Waals surface area contributed by atoms with Crippen LogP contribution in [-0.4, -0.2) is 14.7 Å². The largest absolute Gasteiger partial charge is 0.358 e. The number of nitro groups is 1. The average Bonchev–Trinajstić information content (AvgIpc) is 2.63. The van der Waals surface area contributed by atoms with E-state index in [1.807, 2.05) is 27.7 Å². The van der Waals surface area contributed by atoms with Crippen molar-refractivity contribution in [3.63, 3.8) is 0 Å². The molecule has 0 aliphatic heterocycles. The van der Waals surface area contributed by atoms with Gasteiger partial charge in [0.1, 0.15) is 6.54 Å². The van der Waals surface area contributed by atoms with Crippen molar-refractivity contribution in [2.24, 2.45) is 0 Å². The number of nitrogens with zero attached hydrogens (tertiary/aromatic N) is 3. The second-order valence-electron chi connectivity index (χ2n) is 2.42. The minimum atomic E-state index is -0.380. The van der Waals surface area contributed by atoms with Crippen LogP contribution in [0.4, 0.5) is 5.82 Å². The van der Waals surface area contributed by atoms with Crippen molar-refractivity contribution in [3.8, 4) is 0 Å². The smallest absolute Gasteiger partial charge is 0.348 e. The van der Waals surface area contributed by atoms with Crippen LogP contribution < -0.4 is 0 Å². The lowest BCUT2D eigenvalue weighted by Crippen LogP contribution is -2.03. The Morgan fingerprint density at radius 2 is 2.07 bits per heavy atom. The van der Waals surface area contributed by atoms with Crippen molar-refractivity contribution in [2.75, 3.05) is 0 Å². The Morgan fingerprint density at radius 3 is 2.43 bits per heavy atom. The van der Waals surface area contributed by atoms with Crippen molar-refractivity contribution in [1.29, 1.82) is 0 Å². The van der Waals surface area contributed by atoms with E-state index in [0.29, 0.717) is 18.5 Å². The first kappa shape index (κ1) is 12.6. The molecule has 0 saturated carbocycles. The fraction of sp³-hybridized carbons (Fsp3) is 0.667. The first-order valence-corrected chi connectivity index (χ1v) is 4.89. The average molecular weight is 199 g/mol. The summed E-state index contributed by atoms with van der Waals surface area (Å²) in [6.07, 6.45) is 2.21. The number of hydrogen-bond donors (Lipinski definition) is 0. The van der Waals surface area contributed by atoms with E-state index >= 15 is 0 Å². The van der Waals surface area contributed by atoms with Crippen molar-refractivity contribution in [3.05, 3.63) is 21.9 Å². The van der Waals surface area contributed by atoms with E-state index in [2.05, 4.69) is 5.10 Å². The molecule has 0 aliphatic carbocycles. The van der Waals surface area contributed by atoms with Crippen LogP contribution in [0.1, 0.15) is 33.3 Å². The topological polar surface area (TPSA) is 61.0 Å². The minimum absolute atomic E-state index is 0.125. The molecule has 1 heterocycles. The van der Waals surface area contributed by atoms with Crippen LogP contribution in [0, 0.1) is 10.1 Å². The van der Waals surface area contributed by atoms with Gasteiger partial charge in [-0.1, -0.05) is 25.9 Å². The lowest BCUT2D eigenvalue weighted by atomic mass is 10.2. The van der Waals surface area contributed by atoms with Crippen LogP contribution in [0.2, 0.25) is 0 Å². The third-order valence-electron chi connectivity index (χ3n) is 1.74. The van der Waals surface area contributed by atoms with E-state index in [1.54, 1.807) is 6.20 Å². The van der Waals surface area contributed by atoms with Gasteiger partial charge in [0.2, 0.25) is 0 Å². The fourth-order valence-electron chi connectivity index (χ4n) is 1.11. The molecule has 0 bridgehead atoms. The van der Waals surface area contributed by atoms with Gasteiger partial charge >= 0.3 is 5.82 Å². The first-order valence-electron chi connectivity index (χ1n) is 4.89. The van der Waals surface area contributed by atoms with Crippen LogP contribution in [-0.2, 0) is 13.0 Å². The molecule has 1 aromatic rings. The molecule has 0 aliphatic rings. The lowest BCUT2D eigenvalue weighted by molar-refractivity contribution is -0.393. The maximum absolute atomic E-state index is 10.6. The molecule has 0 atom stereocenters. The van der Waals surface area contributed by atoms with Crippen molar-refractivity contribution >= 4 is 5.82 Å². The van der Waals surface area contributed by atoms with E-state index in [-0.39, 0.29) is 10.7 Å². The molecule has 80 valence electrons. The second-order valence-corrected chi connectivity index (χ2v) is 2.42. The summed E-state index contributed by atoms with van der Waals surface area (Å²) in [5.74, 6) is 0.125. The highest BCUT2D eigenvalue weighted by molar-refractivity contribution is 5.30. The zero-order valence-corrected chi connectivity index (χ0v) is 9.15. The Kier molecular flexibility index (Phi) is 5.52. The summed E-state index contributed by atoms with van der Waals surface area (Å²) in [4.78, 5) is 10.2. The maximum Gasteiger partial charge on any atom is 0.348 e. The van der Waals surface area contributed by atoms with E-state index in [4.69, 9.17) is 0 Å². The van der Waals surface area contributed by atoms with Crippen LogP contribution in [0.25, 0.3) is 0 Å². The van der Waals surface area contributed by atoms with Crippen LogP contribution >= 0.6 is 0 Å². The number of hydrogen-bond acceptors (Lipinski definition) is 3. The predicted molar refractivity (Wildman–Crippen MR) is 55.3 cm³/mol. The fourth-order valence-corrected chi connectivity index (χ4v) is 1.11. The van der Waals surface area contributed by atoms with Gasteiger partial charge in [-0.15, -0.1) is 4.68 Å². The van der Waals surface area contributed by atoms with Gasteiger partial charge in [0.25, 0.3) is 0 Å². The molecule has 0 saturated heterocycles. The van der Waals surface area contributed by atoms with Crippen LogP contribution in [0.3, 0.4) is 0 Å². The van der Waals surface area contributed by atoms with Gasteiger partial charge in [0, 0.05) is 0 Å². The van der Waals surface area contributed by atoms with E-state index < -0.39 is 0 Å². The number of rotatable bonds is 3. The lowest BCUT2D eigenvalue weighted by Gasteiger charge is -1.96. The van der Waals surface area contributed by atoms with Gasteiger partial charge in [-0.3, -0.25) is 0 Å². The standard InChI is InChI=1S/C7H11N3O2.C2H6/c1-3-6-5-8-9(4-2)7(6)10(11)12;1-2/h5H,3-4H2,1-2H3;1-2H3. The van der Waals surface area contributed by atoms with Crippen molar-refractivity contribution in [1.82, 2.24) is 9.78 Å². The van der Waals surface area contributed by atoms with Gasteiger partial charge in [-0.25, -0.2) is 0 Å². The van der Waals surface area contributed by atoms with E-state index in [0.717, 1.165) is 0 Å². The van der Waals surface area contributed by atoms with Crippen LogP contribution in [0.15, 0.2) is 6.20 Å². The third kappa shape index (κ3) is 2.55. The highest BCUT2D eigenvalue weighted by Gasteiger charge is 2.18. The molecule has 1 aromatic heterocycles. The summed E-state index contributed by atoms with van der Waals surface area (Å²) in [6, 6.07) is 0. The zero-order valence-electron chi connectivity index (χ0n) is 9.15. The van der Waals surface area contributed by atoms with Gasteiger partial charge < -0.3 is 10.1 Å². The molecule has 0 N–H and O–H groups in total. The molecule has 0 radical (unpaired) electrons. The minimum Gasteiger partial charge on any atom is -0.358 e. The van der Waals surface area contributed by atoms with E-state index in [9.17, 15) is 10.1 Å². The molecule has 0 aromatic carbocycles. The number of aromatic nitrogens is 2. The molecule has 1 rings (SSSR count). The Balaban J connectivity index is 0.000000791. The highest BCUT2D eigenvalue weighted by Crippen LogP contribution is 2.17. The molecule has 0 fully saturated rings. The summed E-state index contributed by atoms with van der Waals surface area (Å²) in [5, 5.41) is 14.5. The Bertz CT molecular complexity index is 273. The van der Waals surface area contributed by atoms with Crippen molar-refractivity contribution in [2.45, 2.75) is 40.7 Å². The summed E-state index contributed by atoms with van der Waals surface area (Å²) in [7, 11) is 0. The Morgan fingerprint density at radius 1 is 1.50 bits per heavy atom. The molecule has 5 nitrogen and oxygen atoms in total. The Labute approximate surface area is 83.9 Å². The summed E-state index contributed by atoms with van der Waals surface area (Å²) >= 11 is 0. The molecule has 5 heteroatoms. The normalized spacial score (nSPS) is 9.14. The second kappa shape index (κ2) is 6.12. The summed E-state index contributed by atoms with van der Waals surface area (Å²) < 4.78 is 1.40. The molecule has 14 heavy (non-hydrogen) atoms. The number of aryl methyl sites for hydroxylation is 2.